The molecule has 0 heterocycles. The molecule has 0 bridgehead atoms. The Kier molecular flexibility index (Phi) is 12.8. The zero-order valence-corrected chi connectivity index (χ0v) is 14.3. The van der Waals surface area contributed by atoms with E-state index in [1.807, 2.05) is 0 Å². The van der Waals surface area contributed by atoms with Crippen molar-refractivity contribution in [2.45, 2.75) is 52.9 Å². The first kappa shape index (κ1) is 19.7. The van der Waals surface area contributed by atoms with Crippen LogP contribution in [0.4, 0.5) is 0 Å². The van der Waals surface area contributed by atoms with Crippen molar-refractivity contribution < 1.29 is 0 Å². The molecule has 1 nitrogen and oxygen atoms in total. The Morgan fingerprint density at radius 3 is 2.43 bits per heavy atom. The standard InChI is InChI=1S/C19H28.CH5N/c1-4-7-8-15-19(18(5-2)6-3)16-11-14-17-12-9-10-13-17;1-2/h7-12,15-16,18H,4-6,13-14H2,1-3H3;2H2,1H3/b8-7-,16-11-,19-15+;. The van der Waals surface area contributed by atoms with E-state index in [1.165, 1.54) is 31.0 Å². The topological polar surface area (TPSA) is 26.0 Å². The second-order valence-electron chi connectivity index (χ2n) is 5.08. The van der Waals surface area contributed by atoms with Crippen molar-refractivity contribution in [3.05, 3.63) is 59.8 Å². The molecule has 2 N–H and O–H groups in total. The fraction of sp³-hybridized carbons (Fsp3) is 0.500. The quantitative estimate of drug-likeness (QED) is 0.567. The molecule has 0 atom stereocenters. The van der Waals surface area contributed by atoms with E-state index in [-0.39, 0.29) is 0 Å². The summed E-state index contributed by atoms with van der Waals surface area (Å²) >= 11 is 0. The minimum atomic E-state index is 0.688. The maximum atomic E-state index is 4.50. The van der Waals surface area contributed by atoms with Crippen LogP contribution in [0, 0.1) is 5.92 Å². The first-order chi connectivity index (χ1) is 10.3. The van der Waals surface area contributed by atoms with Gasteiger partial charge in [0.1, 0.15) is 0 Å². The number of hydrogen-bond acceptors (Lipinski definition) is 1. The second-order valence-corrected chi connectivity index (χ2v) is 5.08. The first-order valence-electron chi connectivity index (χ1n) is 8.27. The van der Waals surface area contributed by atoms with E-state index in [0.717, 1.165) is 19.3 Å². The van der Waals surface area contributed by atoms with Crippen LogP contribution in [0.2, 0.25) is 0 Å². The van der Waals surface area contributed by atoms with Crippen LogP contribution in [0.15, 0.2) is 59.8 Å². The fourth-order valence-corrected chi connectivity index (χ4v) is 2.39. The average Bonchev–Trinajstić information content (AvgIpc) is 3.03. The van der Waals surface area contributed by atoms with Gasteiger partial charge in [-0.25, -0.2) is 0 Å². The van der Waals surface area contributed by atoms with Crippen LogP contribution in [0.1, 0.15) is 52.9 Å². The number of allylic oxidation sites excluding steroid dienone is 10. The molecule has 1 aliphatic carbocycles. The number of hydrogen-bond donors (Lipinski definition) is 1. The lowest BCUT2D eigenvalue weighted by molar-refractivity contribution is 0.583. The molecule has 0 radical (unpaired) electrons. The van der Waals surface area contributed by atoms with Gasteiger partial charge in [-0.15, -0.1) is 0 Å². The highest BCUT2D eigenvalue weighted by Gasteiger charge is 2.06. The molecular weight excluding hydrogens is 254 g/mol. The third kappa shape index (κ3) is 8.52. The van der Waals surface area contributed by atoms with Gasteiger partial charge in [0.25, 0.3) is 0 Å². The van der Waals surface area contributed by atoms with E-state index in [2.05, 4.69) is 75.1 Å². The highest BCUT2D eigenvalue weighted by molar-refractivity contribution is 5.29. The van der Waals surface area contributed by atoms with Crippen molar-refractivity contribution in [2.24, 2.45) is 11.7 Å². The van der Waals surface area contributed by atoms with Crippen molar-refractivity contribution in [2.75, 3.05) is 7.05 Å². The summed E-state index contributed by atoms with van der Waals surface area (Å²) in [5.74, 6) is 0.688. The molecule has 0 aromatic rings. The lowest BCUT2D eigenvalue weighted by Gasteiger charge is -2.13. The monoisotopic (exact) mass is 287 g/mol. The summed E-state index contributed by atoms with van der Waals surface area (Å²) in [4.78, 5) is 0. The van der Waals surface area contributed by atoms with Gasteiger partial charge in [0, 0.05) is 0 Å². The molecule has 0 saturated carbocycles. The Labute approximate surface area is 132 Å². The summed E-state index contributed by atoms with van der Waals surface area (Å²) in [6, 6.07) is 0. The summed E-state index contributed by atoms with van der Waals surface area (Å²) in [5, 5.41) is 0. The Hall–Kier alpha value is -1.34. The van der Waals surface area contributed by atoms with Gasteiger partial charge < -0.3 is 5.73 Å². The first-order valence-corrected chi connectivity index (χ1v) is 8.27. The Balaban J connectivity index is 0.00000191. The Morgan fingerprint density at radius 2 is 1.90 bits per heavy atom. The van der Waals surface area contributed by atoms with Crippen molar-refractivity contribution in [1.29, 1.82) is 0 Å². The van der Waals surface area contributed by atoms with Gasteiger partial charge in [-0.1, -0.05) is 75.0 Å². The molecule has 0 unspecified atom stereocenters. The van der Waals surface area contributed by atoms with Gasteiger partial charge in [-0.05, 0) is 50.6 Å². The summed E-state index contributed by atoms with van der Waals surface area (Å²) in [6.07, 6.45) is 23.7. The van der Waals surface area contributed by atoms with Gasteiger partial charge in [-0.2, -0.15) is 0 Å². The van der Waals surface area contributed by atoms with Crippen LogP contribution in [-0.2, 0) is 0 Å². The number of nitrogens with two attached hydrogens (primary N) is 1. The van der Waals surface area contributed by atoms with Crippen LogP contribution in [0.25, 0.3) is 0 Å². The largest absolute Gasteiger partial charge is 0.333 e. The predicted octanol–water partition coefficient (Wildman–Crippen LogP) is 5.72. The normalized spacial score (nSPS) is 15.0. The number of rotatable bonds is 8. The average molecular weight is 287 g/mol. The van der Waals surface area contributed by atoms with Crippen molar-refractivity contribution in [1.82, 2.24) is 0 Å². The molecule has 0 aliphatic heterocycles. The molecule has 21 heavy (non-hydrogen) atoms. The molecule has 0 aromatic carbocycles. The lowest BCUT2D eigenvalue weighted by Crippen LogP contribution is -1.99. The zero-order chi connectivity index (χ0) is 15.9. The van der Waals surface area contributed by atoms with Gasteiger partial charge in [-0.3, -0.25) is 0 Å². The SMILES string of the molecule is CC\C=C/C=C(\C=C/CC1=CC=CC1)C(CC)CC.CN. The van der Waals surface area contributed by atoms with Crippen LogP contribution >= 0.6 is 0 Å². The summed E-state index contributed by atoms with van der Waals surface area (Å²) in [7, 11) is 1.50. The van der Waals surface area contributed by atoms with Crippen molar-refractivity contribution in [3.8, 4) is 0 Å². The molecule has 118 valence electrons. The highest BCUT2D eigenvalue weighted by Crippen LogP contribution is 2.22. The zero-order valence-electron chi connectivity index (χ0n) is 14.3. The van der Waals surface area contributed by atoms with E-state index in [4.69, 9.17) is 0 Å². The lowest BCUT2D eigenvalue weighted by atomic mass is 9.92. The molecule has 0 saturated heterocycles. The summed E-state index contributed by atoms with van der Waals surface area (Å²) in [6.45, 7) is 6.74. The maximum Gasteiger partial charge on any atom is -0.0129 e. The molecular formula is C20H33N. The predicted molar refractivity (Wildman–Crippen MR) is 97.3 cm³/mol. The van der Waals surface area contributed by atoms with E-state index in [1.54, 1.807) is 0 Å². The van der Waals surface area contributed by atoms with E-state index in [0.29, 0.717) is 5.92 Å². The minimum absolute atomic E-state index is 0.688. The molecule has 1 rings (SSSR count). The fourth-order valence-electron chi connectivity index (χ4n) is 2.39. The maximum absolute atomic E-state index is 4.50. The summed E-state index contributed by atoms with van der Waals surface area (Å²) in [5.41, 5.74) is 7.49. The van der Waals surface area contributed by atoms with Crippen LogP contribution in [0.5, 0.6) is 0 Å². The molecule has 0 amide bonds. The highest BCUT2D eigenvalue weighted by atomic mass is 14.4. The third-order valence-corrected chi connectivity index (χ3v) is 3.66. The summed E-state index contributed by atoms with van der Waals surface area (Å²) < 4.78 is 0. The molecule has 0 spiro atoms. The van der Waals surface area contributed by atoms with Gasteiger partial charge in [0.05, 0.1) is 0 Å². The van der Waals surface area contributed by atoms with E-state index >= 15 is 0 Å². The van der Waals surface area contributed by atoms with Gasteiger partial charge in [0.2, 0.25) is 0 Å². The molecule has 0 fully saturated rings. The van der Waals surface area contributed by atoms with Crippen LogP contribution in [-0.4, -0.2) is 7.05 Å². The van der Waals surface area contributed by atoms with E-state index < -0.39 is 0 Å². The minimum Gasteiger partial charge on any atom is -0.333 e. The van der Waals surface area contributed by atoms with Gasteiger partial charge >= 0.3 is 0 Å². The Morgan fingerprint density at radius 1 is 1.19 bits per heavy atom. The Bertz CT molecular complexity index is 390. The van der Waals surface area contributed by atoms with Crippen LogP contribution in [0.3, 0.4) is 0 Å². The van der Waals surface area contributed by atoms with Crippen LogP contribution < -0.4 is 5.73 Å². The van der Waals surface area contributed by atoms with Crippen molar-refractivity contribution in [3.63, 3.8) is 0 Å². The molecule has 1 aliphatic rings. The van der Waals surface area contributed by atoms with E-state index in [9.17, 15) is 0 Å². The third-order valence-electron chi connectivity index (χ3n) is 3.66. The second kappa shape index (κ2) is 13.6. The van der Waals surface area contributed by atoms with Crippen molar-refractivity contribution >= 4 is 0 Å². The van der Waals surface area contributed by atoms with Gasteiger partial charge in [0.15, 0.2) is 0 Å². The molecule has 0 aromatic heterocycles. The molecule has 1 heteroatoms. The smallest absolute Gasteiger partial charge is 0.0129 e.